The van der Waals surface area contributed by atoms with Crippen LogP contribution in [0.5, 0.6) is 0 Å². The molecule has 0 aliphatic carbocycles. The molecule has 1 aliphatic heterocycles. The van der Waals surface area contributed by atoms with Crippen LogP contribution in [0.1, 0.15) is 6.92 Å². The van der Waals surface area contributed by atoms with E-state index in [0.29, 0.717) is 13.1 Å². The Balaban J connectivity index is 2.31. The second-order valence-electron chi connectivity index (χ2n) is 2.57. The third kappa shape index (κ3) is 1.44. The highest BCUT2D eigenvalue weighted by atomic mass is 32.1. The fourth-order valence-corrected chi connectivity index (χ4v) is 1.06. The number of likely N-dealkylation sites (tertiary alicyclic amines) is 1. The van der Waals surface area contributed by atoms with Crippen molar-refractivity contribution in [2.75, 3.05) is 13.1 Å². The number of aliphatic hydroxyl groups excluding tert-OH is 1. The van der Waals surface area contributed by atoms with Crippen LogP contribution in [0.15, 0.2) is 0 Å². The maximum atomic E-state index is 11.0. The quantitative estimate of drug-likeness (QED) is 0.509. The number of hydrogen-bond acceptors (Lipinski definition) is 3. The lowest BCUT2D eigenvalue weighted by Gasteiger charge is -2.36. The monoisotopic (exact) mass is 161 g/mol. The Morgan fingerprint density at radius 2 is 2.30 bits per heavy atom. The molecule has 1 aliphatic rings. The molecule has 4 heteroatoms. The van der Waals surface area contributed by atoms with Crippen LogP contribution < -0.4 is 0 Å². The summed E-state index contributed by atoms with van der Waals surface area (Å²) in [4.78, 5) is 12.6. The first-order valence-electron chi connectivity index (χ1n) is 3.26. The van der Waals surface area contributed by atoms with Crippen molar-refractivity contribution in [2.24, 2.45) is 0 Å². The van der Waals surface area contributed by atoms with Gasteiger partial charge in [0.2, 0.25) is 5.91 Å². The van der Waals surface area contributed by atoms with Crippen LogP contribution in [0, 0.1) is 0 Å². The highest BCUT2D eigenvalue weighted by molar-refractivity contribution is 7.81. The van der Waals surface area contributed by atoms with E-state index in [0.717, 1.165) is 0 Å². The predicted molar refractivity (Wildman–Crippen MR) is 41.0 cm³/mol. The van der Waals surface area contributed by atoms with E-state index in [2.05, 4.69) is 12.6 Å². The molecule has 3 nitrogen and oxygen atoms in total. The Kier molecular flexibility index (Phi) is 2.21. The van der Waals surface area contributed by atoms with Crippen molar-refractivity contribution < 1.29 is 9.90 Å². The molecular weight excluding hydrogens is 150 g/mol. The van der Waals surface area contributed by atoms with Crippen molar-refractivity contribution in [3.63, 3.8) is 0 Å². The molecule has 1 saturated heterocycles. The zero-order valence-corrected chi connectivity index (χ0v) is 6.71. The summed E-state index contributed by atoms with van der Waals surface area (Å²) >= 11 is 3.98. The zero-order chi connectivity index (χ0) is 7.72. The van der Waals surface area contributed by atoms with Crippen molar-refractivity contribution in [3.8, 4) is 0 Å². The number of rotatable bonds is 1. The van der Waals surface area contributed by atoms with E-state index < -0.39 is 0 Å². The van der Waals surface area contributed by atoms with E-state index in [9.17, 15) is 4.79 Å². The van der Waals surface area contributed by atoms with E-state index >= 15 is 0 Å². The minimum absolute atomic E-state index is 0.00799. The molecule has 0 bridgehead atoms. The number of β-amino-alcohol motifs (C(OH)–C–C–N with tert-alkyl or cyclic N) is 1. The van der Waals surface area contributed by atoms with E-state index in [1.807, 2.05) is 0 Å². The molecule has 1 unspecified atom stereocenters. The summed E-state index contributed by atoms with van der Waals surface area (Å²) < 4.78 is 0. The van der Waals surface area contributed by atoms with E-state index in [4.69, 9.17) is 5.11 Å². The molecule has 0 spiro atoms. The standard InChI is InChI=1S/C6H11NO2S/c1-4(10)6(9)7-2-5(8)3-7/h4-5,8,10H,2-3H2,1H3. The fourth-order valence-electron chi connectivity index (χ4n) is 0.899. The molecule has 0 saturated carbocycles. The molecule has 58 valence electrons. The summed E-state index contributed by atoms with van der Waals surface area (Å²) in [6, 6.07) is 0. The lowest BCUT2D eigenvalue weighted by molar-refractivity contribution is -0.140. The van der Waals surface area contributed by atoms with Gasteiger partial charge >= 0.3 is 0 Å². The number of hydrogen-bond donors (Lipinski definition) is 2. The van der Waals surface area contributed by atoms with Crippen LogP contribution in [-0.2, 0) is 4.79 Å². The van der Waals surface area contributed by atoms with Gasteiger partial charge in [-0.25, -0.2) is 0 Å². The van der Waals surface area contributed by atoms with Crippen molar-refractivity contribution >= 4 is 18.5 Å². The molecular formula is C6H11NO2S. The molecule has 1 fully saturated rings. The second kappa shape index (κ2) is 2.80. The summed E-state index contributed by atoms with van der Waals surface area (Å²) in [5.41, 5.74) is 0. The lowest BCUT2D eigenvalue weighted by atomic mass is 10.1. The van der Waals surface area contributed by atoms with Crippen molar-refractivity contribution in [1.29, 1.82) is 0 Å². The Hall–Kier alpha value is -0.220. The van der Waals surface area contributed by atoms with Gasteiger partial charge < -0.3 is 10.0 Å². The largest absolute Gasteiger partial charge is 0.389 e. The van der Waals surface area contributed by atoms with Crippen molar-refractivity contribution in [2.45, 2.75) is 18.3 Å². The minimum atomic E-state index is -0.309. The van der Waals surface area contributed by atoms with E-state index in [-0.39, 0.29) is 17.3 Å². The van der Waals surface area contributed by atoms with Gasteiger partial charge in [0.15, 0.2) is 0 Å². The summed E-state index contributed by atoms with van der Waals surface area (Å²) in [5, 5.41) is 8.59. The van der Waals surface area contributed by atoms with Crippen LogP contribution >= 0.6 is 12.6 Å². The van der Waals surface area contributed by atoms with Gasteiger partial charge in [0.1, 0.15) is 0 Å². The van der Waals surface area contributed by atoms with E-state index in [1.165, 1.54) is 0 Å². The zero-order valence-electron chi connectivity index (χ0n) is 5.82. The molecule has 0 aromatic carbocycles. The molecule has 0 radical (unpaired) electrons. The van der Waals surface area contributed by atoms with Crippen LogP contribution in [0.4, 0.5) is 0 Å². The number of carbonyl (C=O) groups excluding carboxylic acids is 1. The van der Waals surface area contributed by atoms with Gasteiger partial charge in [-0.1, -0.05) is 0 Å². The summed E-state index contributed by atoms with van der Waals surface area (Å²) in [7, 11) is 0. The van der Waals surface area contributed by atoms with Gasteiger partial charge in [0.25, 0.3) is 0 Å². The van der Waals surface area contributed by atoms with Crippen molar-refractivity contribution in [3.05, 3.63) is 0 Å². The first kappa shape index (κ1) is 7.88. The van der Waals surface area contributed by atoms with Gasteiger partial charge in [-0.3, -0.25) is 4.79 Å². The number of thiol groups is 1. The van der Waals surface area contributed by atoms with Gasteiger partial charge in [-0.15, -0.1) is 0 Å². The first-order chi connectivity index (χ1) is 4.61. The van der Waals surface area contributed by atoms with Crippen LogP contribution in [0.3, 0.4) is 0 Å². The minimum Gasteiger partial charge on any atom is -0.389 e. The Morgan fingerprint density at radius 1 is 1.80 bits per heavy atom. The molecule has 1 rings (SSSR count). The number of nitrogens with zero attached hydrogens (tertiary/aromatic N) is 1. The number of carbonyl (C=O) groups is 1. The average Bonchev–Trinajstić information content (AvgIpc) is 1.79. The predicted octanol–water partition coefficient (Wildman–Crippen LogP) is -0.492. The first-order valence-corrected chi connectivity index (χ1v) is 3.78. The average molecular weight is 161 g/mol. The molecule has 0 aromatic heterocycles. The second-order valence-corrected chi connectivity index (χ2v) is 3.35. The molecule has 0 aromatic rings. The Bertz CT molecular complexity index is 143. The summed E-state index contributed by atoms with van der Waals surface area (Å²) in [6.45, 7) is 2.68. The van der Waals surface area contributed by atoms with Crippen molar-refractivity contribution in [1.82, 2.24) is 4.90 Å². The third-order valence-electron chi connectivity index (χ3n) is 1.53. The maximum Gasteiger partial charge on any atom is 0.235 e. The van der Waals surface area contributed by atoms with E-state index in [1.54, 1.807) is 11.8 Å². The highest BCUT2D eigenvalue weighted by Gasteiger charge is 2.29. The Morgan fingerprint density at radius 3 is 2.60 bits per heavy atom. The maximum absolute atomic E-state index is 11.0. The third-order valence-corrected chi connectivity index (χ3v) is 1.75. The molecule has 10 heavy (non-hydrogen) atoms. The molecule has 1 N–H and O–H groups in total. The van der Waals surface area contributed by atoms with Gasteiger partial charge in [-0.2, -0.15) is 12.6 Å². The lowest BCUT2D eigenvalue weighted by Crippen LogP contribution is -2.55. The molecule has 1 heterocycles. The highest BCUT2D eigenvalue weighted by Crippen LogP contribution is 2.10. The topological polar surface area (TPSA) is 40.5 Å². The smallest absolute Gasteiger partial charge is 0.235 e. The summed E-state index contributed by atoms with van der Waals surface area (Å²) in [6.07, 6.45) is -0.309. The SMILES string of the molecule is CC(S)C(=O)N1CC(O)C1. The number of amides is 1. The molecule has 1 atom stereocenters. The molecule has 1 amide bonds. The normalized spacial score (nSPS) is 22.1. The van der Waals surface area contributed by atoms with Gasteiger partial charge in [0, 0.05) is 13.1 Å². The van der Waals surface area contributed by atoms with Crippen LogP contribution in [0.25, 0.3) is 0 Å². The van der Waals surface area contributed by atoms with Gasteiger partial charge in [-0.05, 0) is 6.92 Å². The van der Waals surface area contributed by atoms with Crippen LogP contribution in [-0.4, -0.2) is 40.4 Å². The van der Waals surface area contributed by atoms with Crippen LogP contribution in [0.2, 0.25) is 0 Å². The fraction of sp³-hybridized carbons (Fsp3) is 0.833. The Labute approximate surface area is 65.4 Å². The number of aliphatic hydroxyl groups is 1. The van der Waals surface area contributed by atoms with Gasteiger partial charge in [0.05, 0.1) is 11.4 Å². The summed E-state index contributed by atoms with van der Waals surface area (Å²) in [5.74, 6) is 0.00799.